The van der Waals surface area contributed by atoms with Gasteiger partial charge < -0.3 is 0 Å². The van der Waals surface area contributed by atoms with Crippen LogP contribution in [0.2, 0.25) is 0 Å². The van der Waals surface area contributed by atoms with Crippen LogP contribution in [0, 0.1) is 11.6 Å². The van der Waals surface area contributed by atoms with Gasteiger partial charge in [0.05, 0.1) is 18.1 Å². The van der Waals surface area contributed by atoms with Crippen LogP contribution in [0.5, 0.6) is 0 Å². The molecule has 2 aromatic heterocycles. The number of fused-ring (bicyclic) bond motifs is 1. The predicted octanol–water partition coefficient (Wildman–Crippen LogP) is 1.65. The number of carbonyl (C=O) groups excluding carboxylic acids is 1. The van der Waals surface area contributed by atoms with Gasteiger partial charge in [-0.1, -0.05) is 6.92 Å². The summed E-state index contributed by atoms with van der Waals surface area (Å²) in [6.07, 6.45) is 4.45. The Morgan fingerprint density at radius 1 is 1.30 bits per heavy atom. The number of nitrogens with zero attached hydrogens (tertiary/aromatic N) is 6. The summed E-state index contributed by atoms with van der Waals surface area (Å²) in [6.45, 7) is 3.42. The fraction of sp³-hybridized carbons (Fsp3) is 0.263. The van der Waals surface area contributed by atoms with Crippen LogP contribution in [0.25, 0.3) is 5.78 Å². The maximum absolute atomic E-state index is 14.6. The van der Waals surface area contributed by atoms with E-state index in [0.717, 1.165) is 12.7 Å². The summed E-state index contributed by atoms with van der Waals surface area (Å²) >= 11 is 0.671. The molecule has 0 atom stereocenters. The van der Waals surface area contributed by atoms with Crippen LogP contribution in [0.15, 0.2) is 35.7 Å². The van der Waals surface area contributed by atoms with Crippen molar-refractivity contribution in [3.63, 3.8) is 0 Å². The third kappa shape index (κ3) is 4.13. The number of benzene rings is 1. The van der Waals surface area contributed by atoms with E-state index in [1.54, 1.807) is 23.5 Å². The summed E-state index contributed by atoms with van der Waals surface area (Å²) < 4.78 is 31.6. The summed E-state index contributed by atoms with van der Waals surface area (Å²) in [6, 6.07) is 4.79. The van der Waals surface area contributed by atoms with Gasteiger partial charge in [-0.3, -0.25) is 4.40 Å². The van der Waals surface area contributed by atoms with Crippen molar-refractivity contribution >= 4 is 49.8 Å². The van der Waals surface area contributed by atoms with Gasteiger partial charge in [-0.15, -0.1) is 0 Å². The van der Waals surface area contributed by atoms with Gasteiger partial charge in [0.2, 0.25) is 5.78 Å². The Morgan fingerprint density at radius 3 is 2.83 bits per heavy atom. The molecule has 0 unspecified atom stereocenters. The molecule has 1 aliphatic rings. The second-order valence-electron chi connectivity index (χ2n) is 6.76. The molecule has 1 N–H and O–H groups in total. The average Bonchev–Trinajstić information content (AvgIpc) is 3.10. The van der Waals surface area contributed by atoms with E-state index < -0.39 is 17.5 Å². The topological polar surface area (TPSA) is 78.1 Å². The average molecular weight is 603 g/mol. The third-order valence-corrected chi connectivity index (χ3v) is 6.25. The number of anilines is 1. The second-order valence-corrected chi connectivity index (χ2v) is 9.34. The Kier molecular flexibility index (Phi) is 5.92. The number of aromatic nitrogens is 3. The first-order valence-electron chi connectivity index (χ1n) is 9.38. The molecule has 0 saturated heterocycles. The molecule has 0 saturated carbocycles. The number of hydrazone groups is 1. The van der Waals surface area contributed by atoms with Crippen molar-refractivity contribution in [1.29, 1.82) is 0 Å². The van der Waals surface area contributed by atoms with Crippen LogP contribution in [-0.2, 0) is 13.0 Å². The van der Waals surface area contributed by atoms with E-state index in [0.29, 0.717) is 56.0 Å². The zero-order valence-electron chi connectivity index (χ0n) is 16.2. The molecule has 30 heavy (non-hydrogen) atoms. The Labute approximate surface area is 187 Å². The number of nitrogens with one attached hydrogen (secondary N) is 1. The zero-order valence-corrected chi connectivity index (χ0v) is 20.7. The standard InChI is InChI=1S/C19H19F2N7O.Tl/c1-2-15-17(27-10-13(20)9-24-19(27)26-15)18(29)23-8-12-3-4-16(14(21)7-12)28-6-5-22-11-25-28;/h3-4,7,9-11H,2,5-6,8H2,1H3,(H2,22,23,25,29);/q;+1/p-1. The van der Waals surface area contributed by atoms with Gasteiger partial charge in [-0.25, -0.2) is 14.4 Å². The maximum atomic E-state index is 14.6. The fourth-order valence-electron chi connectivity index (χ4n) is 3.22. The van der Waals surface area contributed by atoms with Gasteiger partial charge >= 0.3 is 126 Å². The van der Waals surface area contributed by atoms with E-state index in [1.165, 1.54) is 16.7 Å². The van der Waals surface area contributed by atoms with E-state index in [1.807, 2.05) is 6.92 Å². The zero-order chi connectivity index (χ0) is 21.3. The van der Waals surface area contributed by atoms with Crippen molar-refractivity contribution in [2.75, 3.05) is 18.1 Å². The van der Waals surface area contributed by atoms with Gasteiger partial charge in [0.15, 0.2) is 5.82 Å². The number of halogens is 2. The van der Waals surface area contributed by atoms with Crippen LogP contribution < -0.4 is 10.3 Å². The first-order chi connectivity index (χ1) is 14.5. The van der Waals surface area contributed by atoms with Gasteiger partial charge in [-0.2, -0.15) is 0 Å². The molecule has 0 radical (unpaired) electrons. The number of imidazole rings is 1. The van der Waals surface area contributed by atoms with E-state index in [2.05, 4.69) is 23.1 Å². The van der Waals surface area contributed by atoms with Crippen LogP contribution >= 0.6 is 0 Å². The van der Waals surface area contributed by atoms with Crippen LogP contribution in [0.1, 0.15) is 28.7 Å². The minimum absolute atomic E-state index is 0.119. The molecule has 1 aromatic carbocycles. The molecule has 8 nitrogen and oxygen atoms in total. The quantitative estimate of drug-likeness (QED) is 0.450. The van der Waals surface area contributed by atoms with Crippen molar-refractivity contribution < 1.29 is 13.6 Å². The van der Waals surface area contributed by atoms with Crippen LogP contribution in [-0.4, -0.2) is 68.5 Å². The number of hydrogen-bond donors (Lipinski definition) is 1. The van der Waals surface area contributed by atoms with Gasteiger partial charge in [0, 0.05) is 0 Å². The number of rotatable bonds is 5. The summed E-state index contributed by atoms with van der Waals surface area (Å²) in [7, 11) is 0. The van der Waals surface area contributed by atoms with Crippen molar-refractivity contribution in [1.82, 2.24) is 22.4 Å². The summed E-state index contributed by atoms with van der Waals surface area (Å²) in [5.74, 6) is -1.14. The molecular weight excluding hydrogens is 585 g/mol. The van der Waals surface area contributed by atoms with E-state index >= 15 is 0 Å². The SMILES string of the molecule is CCc1nc2ncc(F)cn2c1C(=O)NCc1ccc(N2CC[N]([Tl])C=N2)c(F)c1. The van der Waals surface area contributed by atoms with Crippen LogP contribution in [0.3, 0.4) is 0 Å². The number of aryl methyl sites for hydroxylation is 1. The van der Waals surface area contributed by atoms with Gasteiger partial charge in [0.1, 0.15) is 0 Å². The molecule has 0 fully saturated rings. The molecule has 1 amide bonds. The summed E-state index contributed by atoms with van der Waals surface area (Å²) in [5, 5.41) is 8.64. The molecule has 1 aliphatic heterocycles. The normalized spacial score (nSPS) is 13.8. The Hall–Kier alpha value is -2.64. The summed E-state index contributed by atoms with van der Waals surface area (Å²) in [4.78, 5) is 21.0. The molecule has 0 aliphatic carbocycles. The summed E-state index contributed by atoms with van der Waals surface area (Å²) in [5.41, 5.74) is 1.75. The third-order valence-electron chi connectivity index (χ3n) is 4.72. The van der Waals surface area contributed by atoms with Crippen LogP contribution in [0.4, 0.5) is 14.5 Å². The monoisotopic (exact) mass is 603 g/mol. The molecule has 3 aromatic rings. The molecule has 3 heterocycles. The molecule has 152 valence electrons. The second kappa shape index (κ2) is 8.62. The van der Waals surface area contributed by atoms with Crippen molar-refractivity contribution in [2.24, 2.45) is 5.10 Å². The Bertz CT molecular complexity index is 1130. The minimum atomic E-state index is -0.566. The predicted molar refractivity (Wildman–Crippen MR) is 108 cm³/mol. The van der Waals surface area contributed by atoms with Crippen molar-refractivity contribution in [3.05, 3.63) is 59.2 Å². The number of amides is 1. The molecule has 11 heteroatoms. The van der Waals surface area contributed by atoms with Gasteiger partial charge in [0.25, 0.3) is 0 Å². The molecule has 4 rings (SSSR count). The molecule has 0 bridgehead atoms. The van der Waals surface area contributed by atoms with Gasteiger partial charge in [-0.05, 0) is 6.42 Å². The van der Waals surface area contributed by atoms with Crippen molar-refractivity contribution in [3.8, 4) is 0 Å². The Balaban J connectivity index is 1.51. The first kappa shape index (κ1) is 20.6. The Morgan fingerprint density at radius 2 is 2.13 bits per heavy atom. The van der Waals surface area contributed by atoms with E-state index in [-0.39, 0.29) is 18.0 Å². The first-order valence-corrected chi connectivity index (χ1v) is 11.4. The van der Waals surface area contributed by atoms with Crippen molar-refractivity contribution in [2.45, 2.75) is 19.9 Å². The molecular formula is C19H18F2N7OTl. The van der Waals surface area contributed by atoms with E-state index in [9.17, 15) is 13.6 Å². The van der Waals surface area contributed by atoms with E-state index in [4.69, 9.17) is 0 Å². The number of carbonyl (C=O) groups is 1. The number of hydrogen-bond acceptors (Lipinski definition) is 6. The molecule has 0 spiro atoms. The fourth-order valence-corrected chi connectivity index (χ4v) is 3.90.